The van der Waals surface area contributed by atoms with Gasteiger partial charge in [-0.25, -0.2) is 0 Å². The van der Waals surface area contributed by atoms with Crippen molar-refractivity contribution >= 4 is 5.91 Å². The Kier molecular flexibility index (Phi) is 3.31. The average Bonchev–Trinajstić information content (AvgIpc) is 2.98. The third-order valence-corrected chi connectivity index (χ3v) is 4.87. The highest BCUT2D eigenvalue weighted by Crippen LogP contribution is 2.47. The van der Waals surface area contributed by atoms with Gasteiger partial charge in [-0.3, -0.25) is 4.79 Å². The van der Waals surface area contributed by atoms with Crippen molar-refractivity contribution in [1.82, 2.24) is 5.32 Å². The molecule has 0 spiro atoms. The van der Waals surface area contributed by atoms with E-state index in [1.54, 1.807) is 0 Å². The van der Waals surface area contributed by atoms with E-state index in [1.807, 2.05) is 0 Å². The molecule has 0 aromatic heterocycles. The Labute approximate surface area is 114 Å². The van der Waals surface area contributed by atoms with Crippen molar-refractivity contribution in [2.75, 3.05) is 0 Å². The van der Waals surface area contributed by atoms with Crippen LogP contribution in [0.15, 0.2) is 24.3 Å². The van der Waals surface area contributed by atoms with Gasteiger partial charge in [0, 0.05) is 12.6 Å². The van der Waals surface area contributed by atoms with Crippen LogP contribution in [-0.2, 0) is 11.3 Å². The van der Waals surface area contributed by atoms with Crippen LogP contribution in [0.25, 0.3) is 0 Å². The highest BCUT2D eigenvalue weighted by atomic mass is 16.1. The zero-order chi connectivity index (χ0) is 13.4. The fourth-order valence-electron chi connectivity index (χ4n) is 3.74. The van der Waals surface area contributed by atoms with E-state index in [1.165, 1.54) is 18.4 Å². The molecule has 1 aromatic carbocycles. The van der Waals surface area contributed by atoms with Crippen LogP contribution in [0.5, 0.6) is 0 Å². The van der Waals surface area contributed by atoms with Gasteiger partial charge < -0.3 is 11.1 Å². The van der Waals surface area contributed by atoms with Gasteiger partial charge in [-0.1, -0.05) is 29.8 Å². The van der Waals surface area contributed by atoms with E-state index >= 15 is 0 Å². The average molecular weight is 258 g/mol. The van der Waals surface area contributed by atoms with Crippen molar-refractivity contribution in [3.05, 3.63) is 35.4 Å². The van der Waals surface area contributed by atoms with Gasteiger partial charge in [0.15, 0.2) is 0 Å². The molecule has 4 unspecified atom stereocenters. The van der Waals surface area contributed by atoms with E-state index in [0.717, 1.165) is 12.0 Å². The van der Waals surface area contributed by atoms with Crippen molar-refractivity contribution < 1.29 is 4.79 Å². The molecule has 2 fully saturated rings. The number of fused-ring (bicyclic) bond motifs is 2. The third-order valence-electron chi connectivity index (χ3n) is 4.87. The fraction of sp³-hybridized carbons (Fsp3) is 0.562. The summed E-state index contributed by atoms with van der Waals surface area (Å²) in [6.07, 6.45) is 3.55. The van der Waals surface area contributed by atoms with Crippen molar-refractivity contribution in [1.29, 1.82) is 0 Å². The Hall–Kier alpha value is -1.35. The third kappa shape index (κ3) is 2.39. The number of hydrogen-bond acceptors (Lipinski definition) is 2. The van der Waals surface area contributed by atoms with Crippen molar-refractivity contribution in [3.63, 3.8) is 0 Å². The lowest BCUT2D eigenvalue weighted by molar-refractivity contribution is -0.127. The van der Waals surface area contributed by atoms with Gasteiger partial charge in [-0.15, -0.1) is 0 Å². The molecule has 0 aliphatic heterocycles. The first-order valence-electron chi connectivity index (χ1n) is 7.24. The minimum Gasteiger partial charge on any atom is -0.352 e. The second-order valence-electron chi connectivity index (χ2n) is 6.14. The summed E-state index contributed by atoms with van der Waals surface area (Å²) in [4.78, 5) is 12.3. The van der Waals surface area contributed by atoms with Crippen LogP contribution in [0.2, 0.25) is 0 Å². The number of aryl methyl sites for hydroxylation is 1. The lowest BCUT2D eigenvalue weighted by Gasteiger charge is -2.27. The number of rotatable bonds is 3. The highest BCUT2D eigenvalue weighted by Gasteiger charge is 2.48. The molecule has 1 aromatic rings. The quantitative estimate of drug-likeness (QED) is 0.871. The molecule has 1 amide bonds. The summed E-state index contributed by atoms with van der Waals surface area (Å²) in [5.74, 6) is 1.31. The molecule has 3 rings (SSSR count). The van der Waals surface area contributed by atoms with Gasteiger partial charge >= 0.3 is 0 Å². The molecule has 102 valence electrons. The number of carbonyl (C=O) groups is 1. The summed E-state index contributed by atoms with van der Waals surface area (Å²) >= 11 is 0. The minimum atomic E-state index is 0.0456. The van der Waals surface area contributed by atoms with Crippen LogP contribution in [-0.4, -0.2) is 11.9 Å². The molecule has 3 nitrogen and oxygen atoms in total. The molecule has 3 heteroatoms. The van der Waals surface area contributed by atoms with Crippen molar-refractivity contribution in [3.8, 4) is 0 Å². The Bertz CT molecular complexity index is 466. The number of amides is 1. The second-order valence-corrected chi connectivity index (χ2v) is 6.14. The summed E-state index contributed by atoms with van der Waals surface area (Å²) in [5, 5.41) is 3.06. The predicted molar refractivity (Wildman–Crippen MR) is 75.3 cm³/mol. The van der Waals surface area contributed by atoms with Gasteiger partial charge in [0.1, 0.15) is 0 Å². The van der Waals surface area contributed by atoms with E-state index in [2.05, 4.69) is 36.5 Å². The molecule has 0 saturated heterocycles. The van der Waals surface area contributed by atoms with Crippen molar-refractivity contribution in [2.24, 2.45) is 23.5 Å². The number of nitrogens with two attached hydrogens (primary N) is 1. The largest absolute Gasteiger partial charge is 0.352 e. The molecular formula is C16H22N2O. The second kappa shape index (κ2) is 4.97. The van der Waals surface area contributed by atoms with Gasteiger partial charge in [-0.05, 0) is 43.6 Å². The number of benzene rings is 1. The maximum Gasteiger partial charge on any atom is 0.225 e. The fourth-order valence-corrected chi connectivity index (χ4v) is 3.74. The maximum absolute atomic E-state index is 12.3. The molecule has 2 aliphatic rings. The van der Waals surface area contributed by atoms with Crippen LogP contribution in [0.3, 0.4) is 0 Å². The summed E-state index contributed by atoms with van der Waals surface area (Å²) in [6, 6.07) is 8.36. The Balaban J connectivity index is 1.58. The zero-order valence-electron chi connectivity index (χ0n) is 11.4. The Morgan fingerprint density at radius 2 is 1.95 bits per heavy atom. The molecule has 2 bridgehead atoms. The van der Waals surface area contributed by atoms with Gasteiger partial charge in [-0.2, -0.15) is 0 Å². The van der Waals surface area contributed by atoms with Gasteiger partial charge in [0.25, 0.3) is 0 Å². The smallest absolute Gasteiger partial charge is 0.225 e. The topological polar surface area (TPSA) is 55.1 Å². The molecule has 4 atom stereocenters. The maximum atomic E-state index is 12.3. The normalized spacial score (nSPS) is 32.5. The SMILES string of the molecule is Cc1ccc(CNC(=O)C2C3CCC(C3)C2N)cc1. The monoisotopic (exact) mass is 258 g/mol. The first-order chi connectivity index (χ1) is 9.15. The van der Waals surface area contributed by atoms with Crippen LogP contribution >= 0.6 is 0 Å². The van der Waals surface area contributed by atoms with Gasteiger partial charge in [0.05, 0.1) is 5.92 Å². The van der Waals surface area contributed by atoms with Crippen molar-refractivity contribution in [2.45, 2.75) is 38.8 Å². The van der Waals surface area contributed by atoms with Crippen LogP contribution < -0.4 is 11.1 Å². The van der Waals surface area contributed by atoms with Gasteiger partial charge in [0.2, 0.25) is 5.91 Å². The Morgan fingerprint density at radius 1 is 1.26 bits per heavy atom. The zero-order valence-corrected chi connectivity index (χ0v) is 11.4. The molecule has 2 saturated carbocycles. The molecule has 19 heavy (non-hydrogen) atoms. The standard InChI is InChI=1S/C16H22N2O/c1-10-2-4-11(5-3-10)9-18-16(19)14-12-6-7-13(8-12)15(14)17/h2-5,12-15H,6-9,17H2,1H3,(H,18,19). The van der Waals surface area contributed by atoms with E-state index in [4.69, 9.17) is 5.73 Å². The summed E-state index contributed by atoms with van der Waals surface area (Å²) in [5.41, 5.74) is 8.58. The minimum absolute atomic E-state index is 0.0456. The lowest BCUT2D eigenvalue weighted by Crippen LogP contribution is -2.45. The number of carbonyl (C=O) groups excluding carboxylic acids is 1. The van der Waals surface area contributed by atoms with E-state index in [0.29, 0.717) is 18.4 Å². The van der Waals surface area contributed by atoms with E-state index < -0.39 is 0 Å². The summed E-state index contributed by atoms with van der Waals surface area (Å²) < 4.78 is 0. The van der Waals surface area contributed by atoms with Crippen LogP contribution in [0.4, 0.5) is 0 Å². The summed E-state index contributed by atoms with van der Waals surface area (Å²) in [6.45, 7) is 2.68. The van der Waals surface area contributed by atoms with E-state index in [9.17, 15) is 4.79 Å². The molecule has 2 aliphatic carbocycles. The highest BCUT2D eigenvalue weighted by molar-refractivity contribution is 5.80. The number of hydrogen-bond donors (Lipinski definition) is 2. The molecule has 3 N–H and O–H groups in total. The predicted octanol–water partition coefficient (Wildman–Crippen LogP) is 1.98. The van der Waals surface area contributed by atoms with E-state index in [-0.39, 0.29) is 17.9 Å². The first kappa shape index (κ1) is 12.7. The molecule has 0 radical (unpaired) electrons. The molecule has 0 heterocycles. The summed E-state index contributed by atoms with van der Waals surface area (Å²) in [7, 11) is 0. The van der Waals surface area contributed by atoms with Crippen LogP contribution in [0.1, 0.15) is 30.4 Å². The Morgan fingerprint density at radius 3 is 2.58 bits per heavy atom. The lowest BCUT2D eigenvalue weighted by atomic mass is 9.84. The first-order valence-corrected chi connectivity index (χ1v) is 7.24. The molecular weight excluding hydrogens is 236 g/mol. The van der Waals surface area contributed by atoms with Crippen LogP contribution in [0, 0.1) is 24.7 Å². The number of nitrogens with one attached hydrogen (secondary N) is 1.